The van der Waals surface area contributed by atoms with E-state index >= 15 is 0 Å². The minimum atomic E-state index is -0.0342. The van der Waals surface area contributed by atoms with Crippen molar-refractivity contribution in [2.75, 3.05) is 31.1 Å². The molecule has 1 spiro atoms. The molecule has 180 valence electrons. The number of likely N-dealkylation sites (tertiary alicyclic amines) is 1. The van der Waals surface area contributed by atoms with Crippen molar-refractivity contribution in [1.29, 1.82) is 0 Å². The average Bonchev–Trinajstić information content (AvgIpc) is 3.14. The quantitative estimate of drug-likeness (QED) is 0.342. The fourth-order valence-corrected chi connectivity index (χ4v) is 5.86. The number of benzene rings is 2. The summed E-state index contributed by atoms with van der Waals surface area (Å²) in [4.78, 5) is 21.9. The molecule has 35 heavy (non-hydrogen) atoms. The molecule has 0 saturated carbocycles. The van der Waals surface area contributed by atoms with Crippen molar-refractivity contribution in [3.8, 4) is 0 Å². The Morgan fingerprint density at radius 2 is 1.86 bits per heavy atom. The van der Waals surface area contributed by atoms with Gasteiger partial charge in [0.15, 0.2) is 0 Å². The first-order valence-electron chi connectivity index (χ1n) is 11.7. The second kappa shape index (κ2) is 9.94. The third kappa shape index (κ3) is 4.99. The van der Waals surface area contributed by atoms with E-state index in [1.165, 1.54) is 11.1 Å². The molecule has 1 amide bonds. The lowest BCUT2D eigenvalue weighted by atomic mass is 9.74. The number of pyridine rings is 1. The van der Waals surface area contributed by atoms with Gasteiger partial charge in [0.05, 0.1) is 0 Å². The SMILES string of the molecule is Cc1ccc2c(c1)C1(CCN(CC=Cc3ccc(Cl)cc3Cl)CC1)CN2C(=O)c1ccnc(Cl)c1. The van der Waals surface area contributed by atoms with Crippen LogP contribution < -0.4 is 4.90 Å². The van der Waals surface area contributed by atoms with Gasteiger partial charge in [-0.3, -0.25) is 9.69 Å². The van der Waals surface area contributed by atoms with Gasteiger partial charge in [0, 0.05) is 46.0 Å². The third-order valence-corrected chi connectivity index (χ3v) is 7.90. The average molecular weight is 527 g/mol. The van der Waals surface area contributed by atoms with E-state index in [1.54, 1.807) is 24.4 Å². The van der Waals surface area contributed by atoms with Crippen LogP contribution in [0.1, 0.15) is 39.9 Å². The van der Waals surface area contributed by atoms with Crippen LogP contribution in [0, 0.1) is 6.92 Å². The number of nitrogens with zero attached hydrogens (tertiary/aromatic N) is 3. The summed E-state index contributed by atoms with van der Waals surface area (Å²) in [5.41, 5.74) is 5.02. The number of amides is 1. The van der Waals surface area contributed by atoms with Crippen molar-refractivity contribution in [3.05, 3.63) is 98.3 Å². The van der Waals surface area contributed by atoms with E-state index in [4.69, 9.17) is 34.8 Å². The molecule has 1 fully saturated rings. The Kier molecular flexibility index (Phi) is 6.91. The summed E-state index contributed by atoms with van der Waals surface area (Å²) >= 11 is 18.4. The zero-order valence-corrected chi connectivity index (χ0v) is 21.7. The Morgan fingerprint density at radius 3 is 2.60 bits per heavy atom. The lowest BCUT2D eigenvalue weighted by Gasteiger charge is -2.39. The van der Waals surface area contributed by atoms with Gasteiger partial charge in [-0.05, 0) is 74.3 Å². The molecule has 2 aromatic carbocycles. The molecule has 2 aliphatic rings. The number of piperidine rings is 1. The smallest absolute Gasteiger partial charge is 0.258 e. The highest BCUT2D eigenvalue weighted by molar-refractivity contribution is 6.35. The minimum Gasteiger partial charge on any atom is -0.307 e. The van der Waals surface area contributed by atoms with Crippen molar-refractivity contribution in [2.24, 2.45) is 0 Å². The lowest BCUT2D eigenvalue weighted by Crippen LogP contribution is -2.46. The molecule has 0 atom stereocenters. The van der Waals surface area contributed by atoms with Gasteiger partial charge in [-0.25, -0.2) is 4.98 Å². The first kappa shape index (κ1) is 24.3. The number of rotatable bonds is 4. The molecule has 1 aromatic heterocycles. The fraction of sp³-hybridized carbons (Fsp3) is 0.286. The van der Waals surface area contributed by atoms with Gasteiger partial charge >= 0.3 is 0 Å². The summed E-state index contributed by atoms with van der Waals surface area (Å²) in [5.74, 6) is -0.0264. The van der Waals surface area contributed by atoms with Gasteiger partial charge in [-0.1, -0.05) is 70.7 Å². The van der Waals surface area contributed by atoms with Gasteiger partial charge in [0.25, 0.3) is 5.91 Å². The number of carbonyl (C=O) groups excluding carboxylic acids is 1. The van der Waals surface area contributed by atoms with E-state index in [-0.39, 0.29) is 11.3 Å². The molecule has 3 heterocycles. The first-order valence-corrected chi connectivity index (χ1v) is 12.9. The molecule has 1 saturated heterocycles. The lowest BCUT2D eigenvalue weighted by molar-refractivity contribution is 0.0977. The van der Waals surface area contributed by atoms with Gasteiger partial charge in [0.2, 0.25) is 0 Å². The summed E-state index contributed by atoms with van der Waals surface area (Å²) in [7, 11) is 0. The predicted molar refractivity (Wildman–Crippen MR) is 145 cm³/mol. The number of carbonyl (C=O) groups is 1. The molecule has 3 aromatic rings. The second-order valence-electron chi connectivity index (χ2n) is 9.43. The van der Waals surface area contributed by atoms with E-state index in [2.05, 4.69) is 47.2 Å². The van der Waals surface area contributed by atoms with Crippen molar-refractivity contribution in [2.45, 2.75) is 25.2 Å². The van der Waals surface area contributed by atoms with Crippen LogP contribution >= 0.6 is 34.8 Å². The predicted octanol–water partition coefficient (Wildman–Crippen LogP) is 7.06. The zero-order chi connectivity index (χ0) is 24.6. The monoisotopic (exact) mass is 525 g/mol. The summed E-state index contributed by atoms with van der Waals surface area (Å²) in [6.07, 6.45) is 7.79. The topological polar surface area (TPSA) is 36.4 Å². The largest absolute Gasteiger partial charge is 0.307 e. The van der Waals surface area contributed by atoms with Crippen LogP contribution in [0.5, 0.6) is 0 Å². The Bertz CT molecular complexity index is 1300. The van der Waals surface area contributed by atoms with Gasteiger partial charge in [0.1, 0.15) is 5.15 Å². The van der Waals surface area contributed by atoms with Gasteiger partial charge in [-0.2, -0.15) is 0 Å². The number of aromatic nitrogens is 1. The van der Waals surface area contributed by atoms with Crippen LogP contribution in [0.25, 0.3) is 6.08 Å². The molecule has 2 aliphatic heterocycles. The van der Waals surface area contributed by atoms with Crippen LogP contribution in [-0.2, 0) is 5.41 Å². The highest BCUT2D eigenvalue weighted by atomic mass is 35.5. The molecule has 7 heteroatoms. The van der Waals surface area contributed by atoms with E-state index in [0.29, 0.717) is 27.3 Å². The summed E-state index contributed by atoms with van der Waals surface area (Å²) in [5, 5.41) is 1.62. The zero-order valence-electron chi connectivity index (χ0n) is 19.5. The van der Waals surface area contributed by atoms with Crippen molar-refractivity contribution < 1.29 is 4.79 Å². The van der Waals surface area contributed by atoms with E-state index in [0.717, 1.165) is 43.7 Å². The fourth-order valence-electron chi connectivity index (χ4n) is 5.21. The van der Waals surface area contributed by atoms with Crippen molar-refractivity contribution in [3.63, 3.8) is 0 Å². The Balaban J connectivity index is 1.31. The Labute approximate surface area is 221 Å². The maximum atomic E-state index is 13.5. The molecule has 0 N–H and O–H groups in total. The maximum absolute atomic E-state index is 13.5. The third-order valence-electron chi connectivity index (χ3n) is 7.13. The number of fused-ring (bicyclic) bond motifs is 2. The Morgan fingerprint density at radius 1 is 1.06 bits per heavy atom. The first-order chi connectivity index (χ1) is 16.8. The highest BCUT2D eigenvalue weighted by Crippen LogP contribution is 2.47. The van der Waals surface area contributed by atoms with Crippen LogP contribution in [0.15, 0.2) is 60.8 Å². The molecule has 5 rings (SSSR count). The van der Waals surface area contributed by atoms with Gasteiger partial charge in [-0.15, -0.1) is 0 Å². The summed E-state index contributed by atoms with van der Waals surface area (Å²) < 4.78 is 0. The number of hydrogen-bond acceptors (Lipinski definition) is 3. The maximum Gasteiger partial charge on any atom is 0.258 e. The molecular weight excluding hydrogens is 501 g/mol. The van der Waals surface area contributed by atoms with Crippen molar-refractivity contribution in [1.82, 2.24) is 9.88 Å². The number of aryl methyl sites for hydroxylation is 1. The number of hydrogen-bond donors (Lipinski definition) is 0. The molecule has 0 unspecified atom stereocenters. The molecular formula is C28H26Cl3N3O. The Hall–Kier alpha value is -2.37. The van der Waals surface area contributed by atoms with E-state index in [9.17, 15) is 4.79 Å². The number of anilines is 1. The minimum absolute atomic E-state index is 0.0264. The summed E-state index contributed by atoms with van der Waals surface area (Å²) in [6, 6.07) is 15.4. The van der Waals surface area contributed by atoms with Crippen molar-refractivity contribution >= 4 is 52.5 Å². The molecule has 0 radical (unpaired) electrons. The van der Waals surface area contributed by atoms with Crippen LogP contribution in [0.2, 0.25) is 15.2 Å². The van der Waals surface area contributed by atoms with Crippen LogP contribution in [0.3, 0.4) is 0 Å². The van der Waals surface area contributed by atoms with Gasteiger partial charge < -0.3 is 4.90 Å². The standard InChI is InChI=1S/C28H26Cl3N3O/c1-19-4-7-25-23(15-19)28(18-34(25)27(35)21-8-11-32-26(31)16-21)9-13-33(14-10-28)12-2-3-20-5-6-22(29)17-24(20)30/h2-8,11,15-17H,9-10,12-14,18H2,1H3. The molecule has 0 aliphatic carbocycles. The molecule has 0 bridgehead atoms. The molecule has 4 nitrogen and oxygen atoms in total. The van der Waals surface area contributed by atoms with Crippen LogP contribution in [-0.4, -0.2) is 42.0 Å². The highest BCUT2D eigenvalue weighted by Gasteiger charge is 2.46. The van der Waals surface area contributed by atoms with E-state index < -0.39 is 0 Å². The van der Waals surface area contributed by atoms with Crippen LogP contribution in [0.4, 0.5) is 5.69 Å². The normalized spacial score (nSPS) is 17.3. The second-order valence-corrected chi connectivity index (χ2v) is 10.7. The summed E-state index contributed by atoms with van der Waals surface area (Å²) in [6.45, 7) is 5.59. The number of halogens is 3. The van der Waals surface area contributed by atoms with E-state index in [1.807, 2.05) is 17.0 Å².